The van der Waals surface area contributed by atoms with E-state index < -0.39 is 13.9 Å². The first-order valence-electron chi connectivity index (χ1n) is 4.64. The molecule has 1 aromatic carbocycles. The predicted molar refractivity (Wildman–Crippen MR) is 59.4 cm³/mol. The van der Waals surface area contributed by atoms with Crippen molar-refractivity contribution in [2.75, 3.05) is 0 Å². The molecule has 1 aromatic rings. The smallest absolute Gasteiger partial charge is 0.162 e. The van der Waals surface area contributed by atoms with Gasteiger partial charge in [-0.15, -0.1) is 0 Å². The molecular weight excluding hydrogens is 195 g/mol. The SMILES string of the molecule is CC(=O)c1c(F)cccc1[Si](C)(C)C. The first-order chi connectivity index (χ1) is 6.34. The van der Waals surface area contributed by atoms with Gasteiger partial charge in [-0.3, -0.25) is 4.79 Å². The second kappa shape index (κ2) is 3.65. The van der Waals surface area contributed by atoms with Gasteiger partial charge in [0.15, 0.2) is 5.78 Å². The Morgan fingerprint density at radius 3 is 2.21 bits per heavy atom. The molecule has 0 atom stereocenters. The average molecular weight is 210 g/mol. The van der Waals surface area contributed by atoms with E-state index in [1.54, 1.807) is 6.07 Å². The molecule has 0 N–H and O–H groups in total. The van der Waals surface area contributed by atoms with Gasteiger partial charge in [0.05, 0.1) is 13.6 Å². The minimum absolute atomic E-state index is 0.180. The Morgan fingerprint density at radius 2 is 1.86 bits per heavy atom. The largest absolute Gasteiger partial charge is 0.294 e. The summed E-state index contributed by atoms with van der Waals surface area (Å²) in [5.41, 5.74) is 0.284. The lowest BCUT2D eigenvalue weighted by Gasteiger charge is -2.19. The van der Waals surface area contributed by atoms with E-state index in [2.05, 4.69) is 19.6 Å². The third-order valence-electron chi connectivity index (χ3n) is 2.17. The van der Waals surface area contributed by atoms with Crippen molar-refractivity contribution in [3.05, 3.63) is 29.6 Å². The van der Waals surface area contributed by atoms with Crippen LogP contribution in [0.2, 0.25) is 19.6 Å². The molecule has 0 unspecified atom stereocenters. The summed E-state index contributed by atoms with van der Waals surface area (Å²) in [6.07, 6.45) is 0. The quantitative estimate of drug-likeness (QED) is 0.541. The highest BCUT2D eigenvalue weighted by Gasteiger charge is 2.23. The van der Waals surface area contributed by atoms with Crippen LogP contribution in [0.5, 0.6) is 0 Å². The van der Waals surface area contributed by atoms with Gasteiger partial charge in [0.2, 0.25) is 0 Å². The molecule has 0 aromatic heterocycles. The van der Waals surface area contributed by atoms with E-state index in [0.29, 0.717) is 0 Å². The minimum atomic E-state index is -1.63. The van der Waals surface area contributed by atoms with E-state index in [1.807, 2.05) is 6.07 Å². The number of hydrogen-bond acceptors (Lipinski definition) is 1. The fourth-order valence-corrected chi connectivity index (χ4v) is 3.15. The molecule has 1 rings (SSSR count). The van der Waals surface area contributed by atoms with Crippen LogP contribution in [0.15, 0.2) is 18.2 Å². The molecule has 0 fully saturated rings. The van der Waals surface area contributed by atoms with Gasteiger partial charge in [0.1, 0.15) is 5.82 Å². The van der Waals surface area contributed by atoms with Gasteiger partial charge < -0.3 is 0 Å². The third-order valence-corrected chi connectivity index (χ3v) is 4.21. The van der Waals surface area contributed by atoms with Crippen LogP contribution in [0.3, 0.4) is 0 Å². The molecule has 0 aliphatic carbocycles. The van der Waals surface area contributed by atoms with E-state index >= 15 is 0 Å². The molecule has 0 radical (unpaired) electrons. The van der Waals surface area contributed by atoms with Gasteiger partial charge in [0.25, 0.3) is 0 Å². The minimum Gasteiger partial charge on any atom is -0.294 e. The number of carbonyl (C=O) groups is 1. The summed E-state index contributed by atoms with van der Waals surface area (Å²) in [6, 6.07) is 4.89. The van der Waals surface area contributed by atoms with Crippen LogP contribution in [0.1, 0.15) is 17.3 Å². The van der Waals surface area contributed by atoms with Gasteiger partial charge in [-0.2, -0.15) is 0 Å². The van der Waals surface area contributed by atoms with Crippen molar-refractivity contribution in [2.45, 2.75) is 26.6 Å². The molecule has 0 aliphatic heterocycles. The first-order valence-corrected chi connectivity index (χ1v) is 8.14. The van der Waals surface area contributed by atoms with Gasteiger partial charge in [-0.1, -0.05) is 31.8 Å². The Balaban J connectivity index is 3.44. The van der Waals surface area contributed by atoms with Crippen LogP contribution in [-0.2, 0) is 0 Å². The maximum Gasteiger partial charge on any atom is 0.162 e. The molecule has 0 saturated carbocycles. The van der Waals surface area contributed by atoms with E-state index in [9.17, 15) is 9.18 Å². The van der Waals surface area contributed by atoms with Gasteiger partial charge >= 0.3 is 0 Å². The second-order valence-electron chi connectivity index (χ2n) is 4.47. The highest BCUT2D eigenvalue weighted by atomic mass is 28.3. The number of ketones is 1. The molecule has 0 heterocycles. The summed E-state index contributed by atoms with van der Waals surface area (Å²) in [6.45, 7) is 7.73. The van der Waals surface area contributed by atoms with Crippen molar-refractivity contribution in [3.63, 3.8) is 0 Å². The lowest BCUT2D eigenvalue weighted by Crippen LogP contribution is -2.41. The normalized spacial score (nSPS) is 11.5. The highest BCUT2D eigenvalue weighted by molar-refractivity contribution is 6.89. The van der Waals surface area contributed by atoms with Crippen LogP contribution in [0.4, 0.5) is 4.39 Å². The van der Waals surface area contributed by atoms with Crippen molar-refractivity contribution >= 4 is 19.0 Å². The van der Waals surface area contributed by atoms with Gasteiger partial charge in [-0.25, -0.2) is 4.39 Å². The maximum absolute atomic E-state index is 13.4. The van der Waals surface area contributed by atoms with E-state index in [4.69, 9.17) is 0 Å². The fourth-order valence-electron chi connectivity index (χ4n) is 1.51. The summed E-state index contributed by atoms with van der Waals surface area (Å²) in [5.74, 6) is -0.571. The van der Waals surface area contributed by atoms with Crippen LogP contribution >= 0.6 is 0 Å². The molecule has 0 spiro atoms. The summed E-state index contributed by atoms with van der Waals surface area (Å²) in [5, 5.41) is 0.907. The Hall–Kier alpha value is -0.963. The summed E-state index contributed by atoms with van der Waals surface area (Å²) in [4.78, 5) is 11.3. The Kier molecular flexibility index (Phi) is 2.90. The predicted octanol–water partition coefficient (Wildman–Crippen LogP) is 2.57. The Labute approximate surface area is 85.0 Å². The summed E-state index contributed by atoms with van der Waals surface area (Å²) < 4.78 is 13.4. The van der Waals surface area contributed by atoms with Gasteiger partial charge in [-0.05, 0) is 18.2 Å². The zero-order valence-corrected chi connectivity index (χ0v) is 10.0. The first kappa shape index (κ1) is 11.1. The van der Waals surface area contributed by atoms with E-state index in [-0.39, 0.29) is 11.3 Å². The molecular formula is C11H15FOSi. The van der Waals surface area contributed by atoms with Crippen molar-refractivity contribution in [2.24, 2.45) is 0 Å². The summed E-state index contributed by atoms with van der Waals surface area (Å²) >= 11 is 0. The number of hydrogen-bond donors (Lipinski definition) is 0. The van der Waals surface area contributed by atoms with Crippen LogP contribution in [-0.4, -0.2) is 13.9 Å². The monoisotopic (exact) mass is 210 g/mol. The van der Waals surface area contributed by atoms with Crippen LogP contribution < -0.4 is 5.19 Å². The average Bonchev–Trinajstić information content (AvgIpc) is 2.01. The molecule has 3 heteroatoms. The molecule has 14 heavy (non-hydrogen) atoms. The number of carbonyl (C=O) groups excluding carboxylic acids is 1. The van der Waals surface area contributed by atoms with Crippen molar-refractivity contribution in [1.82, 2.24) is 0 Å². The summed E-state index contributed by atoms with van der Waals surface area (Å²) in [7, 11) is -1.63. The molecule has 0 aliphatic rings. The lowest BCUT2D eigenvalue weighted by molar-refractivity contribution is 0.101. The zero-order chi connectivity index (χ0) is 10.9. The van der Waals surface area contributed by atoms with Crippen LogP contribution in [0.25, 0.3) is 0 Å². The standard InChI is InChI=1S/C11H15FOSi/c1-8(13)11-9(12)6-5-7-10(11)14(2,3)4/h5-7H,1-4H3. The van der Waals surface area contributed by atoms with Crippen LogP contribution in [0, 0.1) is 5.82 Å². The van der Waals surface area contributed by atoms with Crippen molar-refractivity contribution < 1.29 is 9.18 Å². The van der Waals surface area contributed by atoms with Crippen molar-refractivity contribution in [3.8, 4) is 0 Å². The zero-order valence-electron chi connectivity index (χ0n) is 9.02. The third kappa shape index (κ3) is 2.10. The van der Waals surface area contributed by atoms with E-state index in [0.717, 1.165) is 5.19 Å². The molecule has 1 nitrogen and oxygen atoms in total. The van der Waals surface area contributed by atoms with E-state index in [1.165, 1.54) is 13.0 Å². The molecule has 0 saturated heterocycles. The Bertz CT molecular complexity index is 366. The number of benzene rings is 1. The maximum atomic E-state index is 13.4. The highest BCUT2D eigenvalue weighted by Crippen LogP contribution is 2.11. The second-order valence-corrected chi connectivity index (χ2v) is 9.51. The van der Waals surface area contributed by atoms with Crippen molar-refractivity contribution in [1.29, 1.82) is 0 Å². The lowest BCUT2D eigenvalue weighted by atomic mass is 10.1. The Morgan fingerprint density at radius 1 is 1.29 bits per heavy atom. The number of Topliss-reactive ketones (excluding diaryl/α,β-unsaturated/α-hetero) is 1. The number of halogens is 1. The fraction of sp³-hybridized carbons (Fsp3) is 0.364. The molecule has 0 bridgehead atoms. The molecule has 76 valence electrons. The number of rotatable bonds is 2. The van der Waals surface area contributed by atoms with Gasteiger partial charge in [0, 0.05) is 0 Å². The topological polar surface area (TPSA) is 17.1 Å². The molecule has 0 amide bonds.